The van der Waals surface area contributed by atoms with Crippen LogP contribution in [0.3, 0.4) is 0 Å². The maximum absolute atomic E-state index is 11.9. The summed E-state index contributed by atoms with van der Waals surface area (Å²) in [6.07, 6.45) is 4.23. The van der Waals surface area contributed by atoms with Crippen molar-refractivity contribution in [2.24, 2.45) is 11.7 Å². The van der Waals surface area contributed by atoms with Crippen LogP contribution in [0.2, 0.25) is 0 Å². The number of para-hydroxylation sites is 2. The highest BCUT2D eigenvalue weighted by Gasteiger charge is 2.21. The molecule has 0 atom stereocenters. The molecular formula is C14H20N2O2. The minimum absolute atomic E-state index is 0.0727. The van der Waals surface area contributed by atoms with Gasteiger partial charge in [0.05, 0.1) is 5.69 Å². The summed E-state index contributed by atoms with van der Waals surface area (Å²) < 4.78 is 5.49. The number of benzene rings is 1. The first-order valence-electron chi connectivity index (χ1n) is 6.51. The SMILES string of the molecule is NCCOc1ccccc1NC(=O)CC1CCC1. The van der Waals surface area contributed by atoms with Crippen LogP contribution in [-0.2, 0) is 4.79 Å². The number of carbonyl (C=O) groups is 1. The predicted molar refractivity (Wildman–Crippen MR) is 71.6 cm³/mol. The molecule has 18 heavy (non-hydrogen) atoms. The molecule has 1 saturated carbocycles. The second kappa shape index (κ2) is 6.40. The third-order valence-electron chi connectivity index (χ3n) is 3.24. The van der Waals surface area contributed by atoms with E-state index in [0.29, 0.717) is 31.2 Å². The molecule has 0 bridgehead atoms. The number of hydrogen-bond donors (Lipinski definition) is 2. The van der Waals surface area contributed by atoms with E-state index >= 15 is 0 Å². The number of hydrogen-bond acceptors (Lipinski definition) is 3. The fourth-order valence-corrected chi connectivity index (χ4v) is 2.03. The van der Waals surface area contributed by atoms with Crippen molar-refractivity contribution in [1.82, 2.24) is 0 Å². The minimum Gasteiger partial charge on any atom is -0.490 e. The Kier molecular flexibility index (Phi) is 4.59. The molecule has 0 spiro atoms. The van der Waals surface area contributed by atoms with Crippen molar-refractivity contribution in [3.8, 4) is 5.75 Å². The van der Waals surface area contributed by atoms with Crippen LogP contribution in [0.4, 0.5) is 5.69 Å². The third kappa shape index (κ3) is 3.47. The summed E-state index contributed by atoms with van der Waals surface area (Å²) in [5, 5.41) is 2.91. The summed E-state index contributed by atoms with van der Waals surface area (Å²) >= 11 is 0. The fraction of sp³-hybridized carbons (Fsp3) is 0.500. The molecule has 1 aromatic carbocycles. The molecule has 0 heterocycles. The molecule has 4 nitrogen and oxygen atoms in total. The monoisotopic (exact) mass is 248 g/mol. The van der Waals surface area contributed by atoms with Crippen LogP contribution >= 0.6 is 0 Å². The number of amides is 1. The molecule has 4 heteroatoms. The van der Waals surface area contributed by atoms with Gasteiger partial charge in [-0.3, -0.25) is 4.79 Å². The number of carbonyl (C=O) groups excluding carboxylic acids is 1. The zero-order valence-electron chi connectivity index (χ0n) is 10.5. The Labute approximate surface area is 108 Å². The van der Waals surface area contributed by atoms with Gasteiger partial charge in [0.15, 0.2) is 0 Å². The maximum Gasteiger partial charge on any atom is 0.224 e. The van der Waals surface area contributed by atoms with Crippen molar-refractivity contribution in [3.05, 3.63) is 24.3 Å². The van der Waals surface area contributed by atoms with Crippen LogP contribution in [-0.4, -0.2) is 19.1 Å². The van der Waals surface area contributed by atoms with Crippen LogP contribution < -0.4 is 15.8 Å². The Hall–Kier alpha value is -1.55. The van der Waals surface area contributed by atoms with Crippen LogP contribution in [0.1, 0.15) is 25.7 Å². The smallest absolute Gasteiger partial charge is 0.224 e. The van der Waals surface area contributed by atoms with Gasteiger partial charge in [-0.2, -0.15) is 0 Å². The zero-order valence-corrected chi connectivity index (χ0v) is 10.5. The molecule has 0 saturated heterocycles. The van der Waals surface area contributed by atoms with Crippen LogP contribution in [0.25, 0.3) is 0 Å². The minimum atomic E-state index is 0.0727. The van der Waals surface area contributed by atoms with E-state index in [1.165, 1.54) is 19.3 Å². The van der Waals surface area contributed by atoms with Crippen molar-refractivity contribution >= 4 is 11.6 Å². The van der Waals surface area contributed by atoms with Crippen molar-refractivity contribution in [3.63, 3.8) is 0 Å². The highest BCUT2D eigenvalue weighted by atomic mass is 16.5. The number of nitrogens with one attached hydrogen (secondary N) is 1. The molecule has 1 amide bonds. The summed E-state index contributed by atoms with van der Waals surface area (Å²) in [4.78, 5) is 11.9. The normalized spacial score (nSPS) is 14.9. The van der Waals surface area contributed by atoms with E-state index in [9.17, 15) is 4.79 Å². The fourth-order valence-electron chi connectivity index (χ4n) is 2.03. The van der Waals surface area contributed by atoms with Crippen LogP contribution in [0.5, 0.6) is 5.75 Å². The number of rotatable bonds is 6. The predicted octanol–water partition coefficient (Wildman–Crippen LogP) is 2.15. The quantitative estimate of drug-likeness (QED) is 0.810. The standard InChI is InChI=1S/C14H20N2O2/c15-8-9-18-13-7-2-1-6-12(13)16-14(17)10-11-4-3-5-11/h1-2,6-7,11H,3-5,8-10,15H2,(H,16,17). The van der Waals surface area contributed by atoms with Gasteiger partial charge in [0.25, 0.3) is 0 Å². The third-order valence-corrected chi connectivity index (χ3v) is 3.24. The van der Waals surface area contributed by atoms with Crippen molar-refractivity contribution in [2.75, 3.05) is 18.5 Å². The van der Waals surface area contributed by atoms with E-state index in [2.05, 4.69) is 5.32 Å². The van der Waals surface area contributed by atoms with Crippen LogP contribution in [0.15, 0.2) is 24.3 Å². The lowest BCUT2D eigenvalue weighted by atomic mass is 9.83. The first-order chi connectivity index (χ1) is 8.79. The van der Waals surface area contributed by atoms with Gasteiger partial charge in [0.1, 0.15) is 12.4 Å². The summed E-state index contributed by atoms with van der Waals surface area (Å²) in [5.41, 5.74) is 6.14. The molecule has 3 N–H and O–H groups in total. The maximum atomic E-state index is 11.9. The highest BCUT2D eigenvalue weighted by molar-refractivity contribution is 5.92. The van der Waals surface area contributed by atoms with Crippen molar-refractivity contribution < 1.29 is 9.53 Å². The van der Waals surface area contributed by atoms with E-state index in [-0.39, 0.29) is 5.91 Å². The molecule has 98 valence electrons. The first kappa shape index (κ1) is 12.9. The molecule has 0 aliphatic heterocycles. The molecule has 1 aliphatic rings. The average molecular weight is 248 g/mol. The summed E-state index contributed by atoms with van der Waals surface area (Å²) in [6, 6.07) is 7.46. The number of ether oxygens (including phenoxy) is 1. The Bertz CT molecular complexity index is 403. The Balaban J connectivity index is 1.92. The van der Waals surface area contributed by atoms with E-state index in [1.54, 1.807) is 0 Å². The van der Waals surface area contributed by atoms with Crippen molar-refractivity contribution in [2.45, 2.75) is 25.7 Å². The molecule has 1 aliphatic carbocycles. The Morgan fingerprint density at radius 1 is 1.39 bits per heavy atom. The highest BCUT2D eigenvalue weighted by Crippen LogP contribution is 2.30. The van der Waals surface area contributed by atoms with E-state index in [0.717, 1.165) is 5.69 Å². The zero-order chi connectivity index (χ0) is 12.8. The average Bonchev–Trinajstić information content (AvgIpc) is 2.33. The molecular weight excluding hydrogens is 228 g/mol. The van der Waals surface area contributed by atoms with Gasteiger partial charge in [-0.25, -0.2) is 0 Å². The molecule has 0 unspecified atom stereocenters. The van der Waals surface area contributed by atoms with Gasteiger partial charge in [-0.1, -0.05) is 18.6 Å². The lowest BCUT2D eigenvalue weighted by Gasteiger charge is -2.24. The lowest BCUT2D eigenvalue weighted by molar-refractivity contribution is -0.117. The second-order valence-corrected chi connectivity index (χ2v) is 4.68. The van der Waals surface area contributed by atoms with Gasteiger partial charge in [-0.05, 0) is 30.9 Å². The summed E-state index contributed by atoms with van der Waals surface area (Å²) in [7, 11) is 0. The van der Waals surface area contributed by atoms with Crippen molar-refractivity contribution in [1.29, 1.82) is 0 Å². The van der Waals surface area contributed by atoms with Gasteiger partial charge < -0.3 is 15.8 Å². The molecule has 1 fully saturated rings. The van der Waals surface area contributed by atoms with E-state index in [1.807, 2.05) is 24.3 Å². The Morgan fingerprint density at radius 3 is 2.83 bits per heavy atom. The van der Waals surface area contributed by atoms with E-state index in [4.69, 9.17) is 10.5 Å². The summed E-state index contributed by atoms with van der Waals surface area (Å²) in [6.45, 7) is 0.917. The Morgan fingerprint density at radius 2 is 2.17 bits per heavy atom. The van der Waals surface area contributed by atoms with Crippen LogP contribution in [0, 0.1) is 5.92 Å². The largest absolute Gasteiger partial charge is 0.490 e. The van der Waals surface area contributed by atoms with Gasteiger partial charge in [0.2, 0.25) is 5.91 Å². The first-order valence-corrected chi connectivity index (χ1v) is 6.51. The lowest BCUT2D eigenvalue weighted by Crippen LogP contribution is -2.21. The second-order valence-electron chi connectivity index (χ2n) is 4.68. The van der Waals surface area contributed by atoms with Gasteiger partial charge in [-0.15, -0.1) is 0 Å². The van der Waals surface area contributed by atoms with Gasteiger partial charge in [0, 0.05) is 13.0 Å². The number of anilines is 1. The van der Waals surface area contributed by atoms with E-state index < -0.39 is 0 Å². The summed E-state index contributed by atoms with van der Waals surface area (Å²) in [5.74, 6) is 1.33. The molecule has 1 aromatic rings. The topological polar surface area (TPSA) is 64.3 Å². The van der Waals surface area contributed by atoms with Gasteiger partial charge >= 0.3 is 0 Å². The molecule has 2 rings (SSSR count). The number of nitrogens with two attached hydrogens (primary N) is 1. The molecule has 0 aromatic heterocycles. The molecule has 0 radical (unpaired) electrons.